The highest BCUT2D eigenvalue weighted by atomic mass is 16.5. The summed E-state index contributed by atoms with van der Waals surface area (Å²) in [6, 6.07) is 4.26. The number of pyridine rings is 1. The number of rotatable bonds is 5. The standard InChI is InChI=1S/C20H23N3O2/c1-13-3-4-19(22-10-13)17-9-16(17)12-25-20-18(11-21-14(2)23-20)15-5-7-24-8-6-15/h3-5,10-11,16-17H,6-9,12H2,1-2H3. The van der Waals surface area contributed by atoms with Gasteiger partial charge in [-0.1, -0.05) is 12.1 Å². The Morgan fingerprint density at radius 2 is 2.12 bits per heavy atom. The van der Waals surface area contributed by atoms with Crippen molar-refractivity contribution in [2.45, 2.75) is 32.6 Å². The van der Waals surface area contributed by atoms with Gasteiger partial charge in [0.1, 0.15) is 5.82 Å². The maximum atomic E-state index is 6.11. The summed E-state index contributed by atoms with van der Waals surface area (Å²) in [7, 11) is 0. The van der Waals surface area contributed by atoms with Gasteiger partial charge in [-0.25, -0.2) is 4.98 Å². The first kappa shape index (κ1) is 16.2. The molecule has 5 nitrogen and oxygen atoms in total. The van der Waals surface area contributed by atoms with Crippen molar-refractivity contribution >= 4 is 5.57 Å². The van der Waals surface area contributed by atoms with Crippen LogP contribution in [0.3, 0.4) is 0 Å². The summed E-state index contributed by atoms with van der Waals surface area (Å²) in [6.07, 6.45) is 7.92. The summed E-state index contributed by atoms with van der Waals surface area (Å²) >= 11 is 0. The van der Waals surface area contributed by atoms with Gasteiger partial charge in [-0.3, -0.25) is 4.98 Å². The normalized spacial score (nSPS) is 22.4. The quantitative estimate of drug-likeness (QED) is 0.836. The molecule has 0 bridgehead atoms. The zero-order valence-corrected chi connectivity index (χ0v) is 14.7. The molecule has 0 N–H and O–H groups in total. The third-order valence-corrected chi connectivity index (χ3v) is 4.85. The molecule has 1 aliphatic heterocycles. The highest BCUT2D eigenvalue weighted by Crippen LogP contribution is 2.46. The summed E-state index contributed by atoms with van der Waals surface area (Å²) in [5.41, 5.74) is 4.59. The SMILES string of the molecule is Cc1ccc(C2CC2COc2nc(C)ncc2C2=CCOCC2)nc1. The van der Waals surface area contributed by atoms with Crippen LogP contribution in [-0.4, -0.2) is 34.8 Å². The Labute approximate surface area is 148 Å². The molecule has 25 heavy (non-hydrogen) atoms. The molecular weight excluding hydrogens is 314 g/mol. The van der Waals surface area contributed by atoms with E-state index in [-0.39, 0.29) is 0 Å². The molecule has 1 aliphatic carbocycles. The third kappa shape index (κ3) is 3.71. The van der Waals surface area contributed by atoms with E-state index in [2.05, 4.69) is 40.1 Å². The molecule has 2 aromatic rings. The van der Waals surface area contributed by atoms with Gasteiger partial charge in [0, 0.05) is 29.9 Å². The number of hydrogen-bond acceptors (Lipinski definition) is 5. The monoisotopic (exact) mass is 337 g/mol. The number of nitrogens with zero attached hydrogens (tertiary/aromatic N) is 3. The molecule has 0 aromatic carbocycles. The Morgan fingerprint density at radius 1 is 1.20 bits per heavy atom. The maximum Gasteiger partial charge on any atom is 0.224 e. The molecule has 5 heteroatoms. The second-order valence-electron chi connectivity index (χ2n) is 6.86. The van der Waals surface area contributed by atoms with E-state index in [0.717, 1.165) is 30.8 Å². The lowest BCUT2D eigenvalue weighted by Crippen LogP contribution is -2.09. The van der Waals surface area contributed by atoms with Crippen LogP contribution in [0.15, 0.2) is 30.6 Å². The van der Waals surface area contributed by atoms with Gasteiger partial charge in [-0.15, -0.1) is 0 Å². The average molecular weight is 337 g/mol. The minimum atomic E-state index is 0.509. The highest BCUT2D eigenvalue weighted by molar-refractivity contribution is 5.69. The third-order valence-electron chi connectivity index (χ3n) is 4.85. The van der Waals surface area contributed by atoms with E-state index in [1.165, 1.54) is 16.8 Å². The zero-order valence-electron chi connectivity index (χ0n) is 14.7. The van der Waals surface area contributed by atoms with Gasteiger partial charge in [-0.2, -0.15) is 4.98 Å². The maximum absolute atomic E-state index is 6.11. The van der Waals surface area contributed by atoms with Gasteiger partial charge in [0.05, 0.1) is 25.4 Å². The number of aryl methyl sites for hydroxylation is 2. The van der Waals surface area contributed by atoms with E-state index in [9.17, 15) is 0 Å². The first-order chi connectivity index (χ1) is 12.2. The Morgan fingerprint density at radius 3 is 2.88 bits per heavy atom. The first-order valence-electron chi connectivity index (χ1n) is 8.87. The molecule has 0 spiro atoms. The summed E-state index contributed by atoms with van der Waals surface area (Å²) in [4.78, 5) is 13.4. The molecule has 1 fully saturated rings. The molecule has 0 radical (unpaired) electrons. The van der Waals surface area contributed by atoms with Gasteiger partial charge in [0.25, 0.3) is 0 Å². The van der Waals surface area contributed by atoms with Gasteiger partial charge < -0.3 is 9.47 Å². The summed E-state index contributed by atoms with van der Waals surface area (Å²) in [6.45, 7) is 6.02. The fourth-order valence-corrected chi connectivity index (χ4v) is 3.23. The van der Waals surface area contributed by atoms with Crippen molar-refractivity contribution in [3.05, 3.63) is 53.2 Å². The molecule has 0 saturated heterocycles. The summed E-state index contributed by atoms with van der Waals surface area (Å²) < 4.78 is 11.5. The van der Waals surface area contributed by atoms with E-state index < -0.39 is 0 Å². The van der Waals surface area contributed by atoms with Crippen LogP contribution in [0, 0.1) is 19.8 Å². The summed E-state index contributed by atoms with van der Waals surface area (Å²) in [5, 5.41) is 0. The van der Waals surface area contributed by atoms with Crippen LogP contribution in [0.5, 0.6) is 5.88 Å². The molecule has 2 aromatic heterocycles. The number of ether oxygens (including phenoxy) is 2. The minimum absolute atomic E-state index is 0.509. The molecule has 2 aliphatic rings. The first-order valence-corrected chi connectivity index (χ1v) is 8.87. The van der Waals surface area contributed by atoms with Crippen molar-refractivity contribution in [3.8, 4) is 5.88 Å². The van der Waals surface area contributed by atoms with Crippen LogP contribution in [0.4, 0.5) is 0 Å². The van der Waals surface area contributed by atoms with Crippen LogP contribution in [0.1, 0.15) is 41.4 Å². The largest absolute Gasteiger partial charge is 0.477 e. The van der Waals surface area contributed by atoms with E-state index in [4.69, 9.17) is 9.47 Å². The molecule has 0 amide bonds. The van der Waals surface area contributed by atoms with Crippen LogP contribution in [0.25, 0.3) is 5.57 Å². The Hall–Kier alpha value is -2.27. The van der Waals surface area contributed by atoms with Crippen LogP contribution in [-0.2, 0) is 4.74 Å². The van der Waals surface area contributed by atoms with Crippen LogP contribution < -0.4 is 4.74 Å². The highest BCUT2D eigenvalue weighted by Gasteiger charge is 2.40. The molecule has 2 atom stereocenters. The second-order valence-corrected chi connectivity index (χ2v) is 6.86. The lowest BCUT2D eigenvalue weighted by molar-refractivity contribution is 0.161. The number of hydrogen-bond donors (Lipinski definition) is 0. The fourth-order valence-electron chi connectivity index (χ4n) is 3.23. The van der Waals surface area contributed by atoms with Crippen LogP contribution >= 0.6 is 0 Å². The Bertz CT molecular complexity index is 786. The Balaban J connectivity index is 1.44. The molecule has 4 rings (SSSR count). The summed E-state index contributed by atoms with van der Waals surface area (Å²) in [5.74, 6) is 2.46. The molecule has 2 unspecified atom stereocenters. The van der Waals surface area contributed by atoms with E-state index in [1.54, 1.807) is 0 Å². The van der Waals surface area contributed by atoms with E-state index >= 15 is 0 Å². The van der Waals surface area contributed by atoms with Gasteiger partial charge in [0.2, 0.25) is 5.88 Å². The van der Waals surface area contributed by atoms with Gasteiger partial charge in [0.15, 0.2) is 0 Å². The lowest BCUT2D eigenvalue weighted by Gasteiger charge is -2.16. The molecule has 130 valence electrons. The van der Waals surface area contributed by atoms with Gasteiger partial charge >= 0.3 is 0 Å². The average Bonchev–Trinajstić information content (AvgIpc) is 3.41. The smallest absolute Gasteiger partial charge is 0.224 e. The predicted molar refractivity (Wildman–Crippen MR) is 95.5 cm³/mol. The predicted octanol–water partition coefficient (Wildman–Crippen LogP) is 3.47. The van der Waals surface area contributed by atoms with Crippen molar-refractivity contribution in [3.63, 3.8) is 0 Å². The van der Waals surface area contributed by atoms with Crippen LogP contribution in [0.2, 0.25) is 0 Å². The van der Waals surface area contributed by atoms with E-state index in [1.807, 2.05) is 19.3 Å². The lowest BCUT2D eigenvalue weighted by atomic mass is 10.0. The fraction of sp³-hybridized carbons (Fsp3) is 0.450. The number of aromatic nitrogens is 3. The zero-order chi connectivity index (χ0) is 17.2. The van der Waals surface area contributed by atoms with E-state index in [0.29, 0.717) is 30.9 Å². The van der Waals surface area contributed by atoms with Crippen molar-refractivity contribution in [1.82, 2.24) is 15.0 Å². The minimum Gasteiger partial charge on any atom is -0.477 e. The second kappa shape index (κ2) is 6.92. The molecular formula is C20H23N3O2. The van der Waals surface area contributed by atoms with Crippen molar-refractivity contribution < 1.29 is 9.47 Å². The van der Waals surface area contributed by atoms with Crippen molar-refractivity contribution in [2.75, 3.05) is 19.8 Å². The van der Waals surface area contributed by atoms with Gasteiger partial charge in [-0.05, 0) is 43.9 Å². The molecule has 3 heterocycles. The molecule has 1 saturated carbocycles. The Kier molecular flexibility index (Phi) is 4.49. The van der Waals surface area contributed by atoms with Crippen molar-refractivity contribution in [2.24, 2.45) is 5.92 Å². The van der Waals surface area contributed by atoms with Crippen molar-refractivity contribution in [1.29, 1.82) is 0 Å². The topological polar surface area (TPSA) is 57.1 Å².